The molecule has 2 N–H and O–H groups in total. The number of carbonyl (C=O) groups excluding carboxylic acids is 1. The number of hydrogen-bond donors (Lipinski definition) is 2. The summed E-state index contributed by atoms with van der Waals surface area (Å²) in [6.07, 6.45) is 0.506. The van der Waals surface area contributed by atoms with E-state index in [1.807, 2.05) is 30.3 Å². The zero-order chi connectivity index (χ0) is 21.1. The van der Waals surface area contributed by atoms with Gasteiger partial charge < -0.3 is 0 Å². The third-order valence-corrected chi connectivity index (χ3v) is 7.02. The summed E-state index contributed by atoms with van der Waals surface area (Å²) in [6, 6.07) is 15.9. The molecular weight excluding hydrogens is 432 g/mol. The monoisotopic (exact) mass is 450 g/mol. The van der Waals surface area contributed by atoms with Crippen molar-refractivity contribution in [3.8, 4) is 0 Å². The molecule has 7 nitrogen and oxygen atoms in total. The van der Waals surface area contributed by atoms with E-state index in [4.69, 9.17) is 11.6 Å². The summed E-state index contributed by atoms with van der Waals surface area (Å²) in [5.74, 6) is -0.431. The van der Waals surface area contributed by atoms with Crippen molar-refractivity contribution in [2.45, 2.75) is 30.1 Å². The molecule has 1 heterocycles. The lowest BCUT2D eigenvalue weighted by atomic mass is 9.96. The van der Waals surface area contributed by atoms with Crippen LogP contribution in [-0.4, -0.2) is 30.1 Å². The molecule has 3 rings (SSSR count). The highest BCUT2D eigenvalue weighted by Crippen LogP contribution is 2.23. The van der Waals surface area contributed by atoms with E-state index in [1.165, 1.54) is 0 Å². The maximum atomic E-state index is 12.7. The first-order valence-electron chi connectivity index (χ1n) is 8.63. The van der Waals surface area contributed by atoms with E-state index in [-0.39, 0.29) is 9.47 Å². The number of rotatable bonds is 7. The van der Waals surface area contributed by atoms with Crippen molar-refractivity contribution in [3.63, 3.8) is 0 Å². The molecule has 0 radical (unpaired) electrons. The van der Waals surface area contributed by atoms with Crippen molar-refractivity contribution < 1.29 is 13.2 Å². The maximum Gasteiger partial charge on any atom is 0.270 e. The van der Waals surface area contributed by atoms with E-state index < -0.39 is 21.5 Å². The number of nitrogens with one attached hydrogen (secondary N) is 2. The molecule has 2 aromatic carbocycles. The van der Waals surface area contributed by atoms with Crippen LogP contribution in [0.3, 0.4) is 0 Å². The molecule has 0 fully saturated rings. The van der Waals surface area contributed by atoms with Crippen LogP contribution in [0, 0.1) is 0 Å². The van der Waals surface area contributed by atoms with Crippen LogP contribution in [0.5, 0.6) is 0 Å². The fourth-order valence-corrected chi connectivity index (χ4v) is 5.12. The molecule has 0 aliphatic rings. The predicted octanol–water partition coefficient (Wildman–Crippen LogP) is 3.74. The van der Waals surface area contributed by atoms with Gasteiger partial charge in [0.1, 0.15) is 0 Å². The van der Waals surface area contributed by atoms with Gasteiger partial charge >= 0.3 is 0 Å². The first kappa shape index (κ1) is 21.4. The molecule has 3 aromatic rings. The van der Waals surface area contributed by atoms with Crippen LogP contribution < -0.4 is 10.0 Å². The second-order valence-corrected chi connectivity index (χ2v) is 10.3. The fraction of sp³-hybridized carbons (Fsp3) is 0.211. The first-order valence-corrected chi connectivity index (χ1v) is 11.3. The van der Waals surface area contributed by atoms with Gasteiger partial charge in [-0.1, -0.05) is 53.3 Å². The van der Waals surface area contributed by atoms with Crippen molar-refractivity contribution in [2.24, 2.45) is 0 Å². The molecule has 0 atom stereocenters. The van der Waals surface area contributed by atoms with Crippen molar-refractivity contribution in [3.05, 3.63) is 70.7 Å². The predicted molar refractivity (Wildman–Crippen MR) is 114 cm³/mol. The topological polar surface area (TPSA) is 101 Å². The Balaban J connectivity index is 1.69. The van der Waals surface area contributed by atoms with Crippen LogP contribution in [0.15, 0.2) is 58.9 Å². The van der Waals surface area contributed by atoms with E-state index in [2.05, 4.69) is 20.2 Å². The van der Waals surface area contributed by atoms with E-state index in [0.717, 1.165) is 16.9 Å². The minimum Gasteiger partial charge on any atom is -0.296 e. The molecule has 1 amide bonds. The second kappa shape index (κ2) is 8.58. The van der Waals surface area contributed by atoms with E-state index >= 15 is 0 Å². The Bertz CT molecular complexity index is 1100. The van der Waals surface area contributed by atoms with Gasteiger partial charge in [0, 0.05) is 16.1 Å². The van der Waals surface area contributed by atoms with Gasteiger partial charge in [-0.05, 0) is 50.1 Å². The van der Waals surface area contributed by atoms with Crippen molar-refractivity contribution in [1.29, 1.82) is 0 Å². The highest BCUT2D eigenvalue weighted by Gasteiger charge is 2.29. The molecule has 0 spiro atoms. The van der Waals surface area contributed by atoms with Crippen LogP contribution in [0.4, 0.5) is 5.13 Å². The van der Waals surface area contributed by atoms with Gasteiger partial charge in [-0.3, -0.25) is 10.1 Å². The van der Waals surface area contributed by atoms with E-state index in [9.17, 15) is 13.2 Å². The average Bonchev–Trinajstić information content (AvgIpc) is 3.11. The van der Waals surface area contributed by atoms with Crippen LogP contribution in [-0.2, 0) is 16.4 Å². The van der Waals surface area contributed by atoms with Gasteiger partial charge in [0.25, 0.3) is 15.9 Å². The van der Waals surface area contributed by atoms with Crippen molar-refractivity contribution in [2.75, 3.05) is 5.32 Å². The van der Waals surface area contributed by atoms with Gasteiger partial charge in [-0.25, -0.2) is 13.1 Å². The molecular formula is C19H19ClN4O3S2. The van der Waals surface area contributed by atoms with Crippen molar-refractivity contribution >= 4 is 44.0 Å². The summed E-state index contributed by atoms with van der Waals surface area (Å²) in [5, 5.41) is 10.6. The number of aromatic nitrogens is 2. The third kappa shape index (κ3) is 5.83. The standard InChI is InChI=1S/C19H19ClN4O3S2/c1-19(2,12-13-6-4-3-5-7-13)24-29(26,27)18-23-22-17(28-18)21-16(25)14-8-10-15(20)11-9-14/h3-11,24H,12H2,1-2H3,(H,21,22,25). The lowest BCUT2D eigenvalue weighted by Crippen LogP contribution is -2.44. The molecule has 0 aliphatic carbocycles. The van der Waals surface area contributed by atoms with Gasteiger partial charge in [0.05, 0.1) is 0 Å². The molecule has 152 valence electrons. The number of halogens is 1. The Kier molecular flexibility index (Phi) is 6.33. The first-order chi connectivity index (χ1) is 13.6. The highest BCUT2D eigenvalue weighted by atomic mass is 35.5. The van der Waals surface area contributed by atoms with Crippen LogP contribution in [0.25, 0.3) is 0 Å². The molecule has 0 aliphatic heterocycles. The molecule has 0 bridgehead atoms. The molecule has 0 saturated heterocycles. The minimum atomic E-state index is -3.90. The normalized spacial score (nSPS) is 12.0. The third-order valence-electron chi connectivity index (χ3n) is 3.86. The summed E-state index contributed by atoms with van der Waals surface area (Å²) < 4.78 is 27.9. The Morgan fingerprint density at radius 1 is 1.07 bits per heavy atom. The van der Waals surface area contributed by atoms with Crippen LogP contribution in [0.1, 0.15) is 29.8 Å². The Hall–Kier alpha value is -2.33. The Morgan fingerprint density at radius 3 is 2.38 bits per heavy atom. The number of anilines is 1. The number of sulfonamides is 1. The van der Waals surface area contributed by atoms with E-state index in [1.54, 1.807) is 38.1 Å². The summed E-state index contributed by atoms with van der Waals surface area (Å²) in [6.45, 7) is 3.59. The largest absolute Gasteiger partial charge is 0.296 e. The number of carbonyl (C=O) groups is 1. The summed E-state index contributed by atoms with van der Waals surface area (Å²) >= 11 is 6.59. The van der Waals surface area contributed by atoms with Gasteiger partial charge in [0.2, 0.25) is 9.47 Å². The smallest absolute Gasteiger partial charge is 0.270 e. The van der Waals surface area contributed by atoms with Gasteiger partial charge in [-0.2, -0.15) is 0 Å². The van der Waals surface area contributed by atoms with Gasteiger partial charge in [-0.15, -0.1) is 10.2 Å². The average molecular weight is 451 g/mol. The summed E-state index contributed by atoms with van der Waals surface area (Å²) in [4.78, 5) is 12.2. The second-order valence-electron chi connectivity index (χ2n) is 6.99. The number of hydrogen-bond acceptors (Lipinski definition) is 6. The number of nitrogens with zero attached hydrogens (tertiary/aromatic N) is 2. The van der Waals surface area contributed by atoms with Crippen LogP contribution in [0.2, 0.25) is 5.02 Å². The summed E-state index contributed by atoms with van der Waals surface area (Å²) in [7, 11) is -3.90. The lowest BCUT2D eigenvalue weighted by Gasteiger charge is -2.25. The van der Waals surface area contributed by atoms with E-state index in [0.29, 0.717) is 17.0 Å². The Morgan fingerprint density at radius 2 is 1.72 bits per heavy atom. The fourth-order valence-electron chi connectivity index (χ4n) is 2.69. The zero-order valence-corrected chi connectivity index (χ0v) is 18.1. The molecule has 0 unspecified atom stereocenters. The molecule has 10 heteroatoms. The maximum absolute atomic E-state index is 12.7. The molecule has 0 saturated carbocycles. The minimum absolute atomic E-state index is 0.0891. The van der Waals surface area contributed by atoms with Crippen LogP contribution >= 0.6 is 22.9 Å². The number of amides is 1. The quantitative estimate of drug-likeness (QED) is 0.534. The summed E-state index contributed by atoms with van der Waals surface area (Å²) in [5.41, 5.74) is 0.642. The zero-order valence-electron chi connectivity index (χ0n) is 15.7. The highest BCUT2D eigenvalue weighted by molar-refractivity contribution is 7.91. The SMILES string of the molecule is CC(C)(Cc1ccccc1)NS(=O)(=O)c1nnc(NC(=O)c2ccc(Cl)cc2)s1. The molecule has 29 heavy (non-hydrogen) atoms. The van der Waals surface area contributed by atoms with Crippen molar-refractivity contribution in [1.82, 2.24) is 14.9 Å². The van der Waals surface area contributed by atoms with Gasteiger partial charge in [0.15, 0.2) is 0 Å². The lowest BCUT2D eigenvalue weighted by molar-refractivity contribution is 0.102. The molecule has 1 aromatic heterocycles. The Labute approximate surface area is 178 Å². The number of benzene rings is 2.